The first kappa shape index (κ1) is 29.2. The summed E-state index contributed by atoms with van der Waals surface area (Å²) in [5.41, 5.74) is 1.56. The van der Waals surface area contributed by atoms with Gasteiger partial charge in [-0.1, -0.05) is 64.5 Å². The van der Waals surface area contributed by atoms with E-state index >= 15 is 0 Å². The molecule has 2 aromatic rings. The smallest absolute Gasteiger partial charge is 0.224 e. The van der Waals surface area contributed by atoms with Crippen LogP contribution in [0.15, 0.2) is 48.5 Å². The van der Waals surface area contributed by atoms with Gasteiger partial charge in [0.15, 0.2) is 0 Å². The van der Waals surface area contributed by atoms with Crippen molar-refractivity contribution in [2.75, 3.05) is 23.8 Å². The first-order chi connectivity index (χ1) is 17.6. The van der Waals surface area contributed by atoms with Gasteiger partial charge < -0.3 is 20.1 Å². The molecule has 0 saturated carbocycles. The molecule has 0 bridgehead atoms. The van der Waals surface area contributed by atoms with Crippen LogP contribution in [0.4, 0.5) is 11.4 Å². The lowest BCUT2D eigenvalue weighted by Crippen LogP contribution is -2.11. The highest BCUT2D eigenvalue weighted by molar-refractivity contribution is 5.91. The van der Waals surface area contributed by atoms with Crippen molar-refractivity contribution in [2.45, 2.75) is 90.9 Å². The summed E-state index contributed by atoms with van der Waals surface area (Å²) in [4.78, 5) is 24.5. The fraction of sp³-hybridized carbons (Fsp3) is 0.533. The number of hydrogen-bond donors (Lipinski definition) is 2. The van der Waals surface area contributed by atoms with Gasteiger partial charge in [0.1, 0.15) is 11.5 Å². The summed E-state index contributed by atoms with van der Waals surface area (Å²) in [5, 5.41) is 5.92. The molecule has 2 N–H and O–H groups in total. The predicted octanol–water partition coefficient (Wildman–Crippen LogP) is 7.74. The standard InChI is InChI=1S/C30H44N2O4/c1-3-5-21-35-27-17-13-15-25(23-27)31-29(33)19-11-9-7-8-10-12-20-30(34)32-26-16-14-18-28(24-26)36-22-6-4-2/h13-18,23-24H,3-12,19-22H2,1-2H3,(H,31,33)(H,32,34). The maximum atomic E-state index is 12.2. The van der Waals surface area contributed by atoms with Gasteiger partial charge in [0.2, 0.25) is 11.8 Å². The summed E-state index contributed by atoms with van der Waals surface area (Å²) in [5.74, 6) is 1.66. The zero-order chi connectivity index (χ0) is 25.8. The second kappa shape index (κ2) is 18.3. The van der Waals surface area contributed by atoms with E-state index in [0.29, 0.717) is 26.1 Å². The van der Waals surface area contributed by atoms with Crippen LogP contribution in [-0.4, -0.2) is 25.0 Å². The number of rotatable bonds is 19. The summed E-state index contributed by atoms with van der Waals surface area (Å²) in [6, 6.07) is 15.2. The molecule has 2 amide bonds. The third kappa shape index (κ3) is 13.2. The lowest BCUT2D eigenvalue weighted by atomic mass is 10.1. The van der Waals surface area contributed by atoms with Crippen LogP contribution in [0.25, 0.3) is 0 Å². The van der Waals surface area contributed by atoms with Crippen LogP contribution in [0.1, 0.15) is 90.9 Å². The van der Waals surface area contributed by atoms with Crippen molar-refractivity contribution in [1.82, 2.24) is 0 Å². The van der Waals surface area contributed by atoms with E-state index in [1.165, 1.54) is 0 Å². The van der Waals surface area contributed by atoms with Crippen LogP contribution in [0, 0.1) is 0 Å². The maximum absolute atomic E-state index is 12.2. The monoisotopic (exact) mass is 496 g/mol. The highest BCUT2D eigenvalue weighted by Crippen LogP contribution is 2.20. The number of anilines is 2. The average molecular weight is 497 g/mol. The molecule has 0 fully saturated rings. The topological polar surface area (TPSA) is 76.7 Å². The van der Waals surface area contributed by atoms with Crippen molar-refractivity contribution < 1.29 is 19.1 Å². The van der Waals surface area contributed by atoms with Gasteiger partial charge in [0.25, 0.3) is 0 Å². The third-order valence-corrected chi connectivity index (χ3v) is 5.83. The van der Waals surface area contributed by atoms with Gasteiger partial charge in [-0.15, -0.1) is 0 Å². The molecule has 2 rings (SSSR count). The average Bonchev–Trinajstić information content (AvgIpc) is 2.86. The first-order valence-corrected chi connectivity index (χ1v) is 13.7. The zero-order valence-corrected chi connectivity index (χ0v) is 22.2. The predicted molar refractivity (Wildman–Crippen MR) is 148 cm³/mol. The fourth-order valence-electron chi connectivity index (χ4n) is 3.72. The Kier molecular flexibility index (Phi) is 14.8. The molecule has 2 aromatic carbocycles. The second-order valence-electron chi connectivity index (χ2n) is 9.18. The summed E-state index contributed by atoms with van der Waals surface area (Å²) >= 11 is 0. The third-order valence-electron chi connectivity index (χ3n) is 5.83. The molecular formula is C30H44N2O4. The minimum absolute atomic E-state index is 0.0391. The van der Waals surface area contributed by atoms with Crippen LogP contribution in [-0.2, 0) is 9.59 Å². The number of benzene rings is 2. The number of unbranched alkanes of at least 4 members (excludes halogenated alkanes) is 7. The number of carbonyl (C=O) groups is 2. The molecule has 36 heavy (non-hydrogen) atoms. The lowest BCUT2D eigenvalue weighted by molar-refractivity contribution is -0.117. The number of amides is 2. The molecule has 0 aliphatic heterocycles. The Hall–Kier alpha value is -3.02. The Morgan fingerprint density at radius 2 is 1.03 bits per heavy atom. The van der Waals surface area contributed by atoms with Crippen molar-refractivity contribution in [3.63, 3.8) is 0 Å². The molecule has 0 unspecified atom stereocenters. The SMILES string of the molecule is CCCCOc1cccc(NC(=O)CCCCCCCCC(=O)Nc2cccc(OCCCC)c2)c1. The minimum atomic E-state index is 0.0391. The molecule has 0 atom stereocenters. The van der Waals surface area contributed by atoms with E-state index in [0.717, 1.165) is 87.1 Å². The number of carbonyl (C=O) groups excluding carboxylic acids is 2. The second-order valence-corrected chi connectivity index (χ2v) is 9.18. The van der Waals surface area contributed by atoms with E-state index < -0.39 is 0 Å². The van der Waals surface area contributed by atoms with E-state index in [2.05, 4.69) is 24.5 Å². The molecule has 0 aliphatic carbocycles. The highest BCUT2D eigenvalue weighted by atomic mass is 16.5. The Morgan fingerprint density at radius 3 is 1.44 bits per heavy atom. The van der Waals surface area contributed by atoms with Crippen LogP contribution < -0.4 is 20.1 Å². The summed E-state index contributed by atoms with van der Waals surface area (Å²) in [6.07, 6.45) is 11.2. The van der Waals surface area contributed by atoms with Crippen molar-refractivity contribution in [2.24, 2.45) is 0 Å². The number of ether oxygens (including phenoxy) is 2. The van der Waals surface area contributed by atoms with E-state index in [4.69, 9.17) is 9.47 Å². The number of hydrogen-bond acceptors (Lipinski definition) is 4. The van der Waals surface area contributed by atoms with Crippen LogP contribution in [0.5, 0.6) is 11.5 Å². The van der Waals surface area contributed by atoms with Gasteiger partial charge in [-0.2, -0.15) is 0 Å². The summed E-state index contributed by atoms with van der Waals surface area (Å²) in [7, 11) is 0. The van der Waals surface area contributed by atoms with Crippen molar-refractivity contribution in [3.8, 4) is 11.5 Å². The van der Waals surface area contributed by atoms with Crippen molar-refractivity contribution >= 4 is 23.2 Å². The van der Waals surface area contributed by atoms with Crippen molar-refractivity contribution in [1.29, 1.82) is 0 Å². The fourth-order valence-corrected chi connectivity index (χ4v) is 3.72. The highest BCUT2D eigenvalue weighted by Gasteiger charge is 2.06. The van der Waals surface area contributed by atoms with Gasteiger partial charge in [-0.25, -0.2) is 0 Å². The van der Waals surface area contributed by atoms with E-state index in [1.54, 1.807) is 0 Å². The normalized spacial score (nSPS) is 10.6. The molecule has 0 saturated heterocycles. The molecule has 6 nitrogen and oxygen atoms in total. The summed E-state index contributed by atoms with van der Waals surface area (Å²) < 4.78 is 11.4. The Balaban J connectivity index is 1.51. The summed E-state index contributed by atoms with van der Waals surface area (Å²) in [6.45, 7) is 5.65. The Bertz CT molecular complexity index is 827. The number of nitrogens with one attached hydrogen (secondary N) is 2. The Morgan fingerprint density at radius 1 is 0.611 bits per heavy atom. The zero-order valence-electron chi connectivity index (χ0n) is 22.2. The van der Waals surface area contributed by atoms with Crippen molar-refractivity contribution in [3.05, 3.63) is 48.5 Å². The van der Waals surface area contributed by atoms with E-state index in [9.17, 15) is 9.59 Å². The van der Waals surface area contributed by atoms with Gasteiger partial charge in [0, 0.05) is 36.3 Å². The van der Waals surface area contributed by atoms with Crippen LogP contribution in [0.3, 0.4) is 0 Å². The van der Waals surface area contributed by atoms with E-state index in [-0.39, 0.29) is 11.8 Å². The molecule has 6 heteroatoms. The lowest BCUT2D eigenvalue weighted by Gasteiger charge is -2.09. The van der Waals surface area contributed by atoms with Crippen LogP contribution in [0.2, 0.25) is 0 Å². The quantitative estimate of drug-likeness (QED) is 0.195. The molecule has 0 aromatic heterocycles. The first-order valence-electron chi connectivity index (χ1n) is 13.7. The molecule has 0 spiro atoms. The molecular weight excluding hydrogens is 452 g/mol. The van der Waals surface area contributed by atoms with Gasteiger partial charge in [-0.3, -0.25) is 9.59 Å². The van der Waals surface area contributed by atoms with Gasteiger partial charge in [-0.05, 0) is 49.9 Å². The Labute approximate surface area is 217 Å². The molecule has 0 aliphatic rings. The maximum Gasteiger partial charge on any atom is 0.224 e. The van der Waals surface area contributed by atoms with Gasteiger partial charge >= 0.3 is 0 Å². The van der Waals surface area contributed by atoms with E-state index in [1.807, 2.05) is 48.5 Å². The molecule has 0 heterocycles. The van der Waals surface area contributed by atoms with Crippen LogP contribution >= 0.6 is 0 Å². The minimum Gasteiger partial charge on any atom is -0.494 e. The van der Waals surface area contributed by atoms with Gasteiger partial charge in [0.05, 0.1) is 13.2 Å². The molecule has 0 radical (unpaired) electrons. The molecule has 198 valence electrons. The largest absolute Gasteiger partial charge is 0.494 e.